The zero-order valence-electron chi connectivity index (χ0n) is 11.5. The molecule has 0 aromatic heterocycles. The first-order valence-electron chi connectivity index (χ1n) is 6.85. The van der Waals surface area contributed by atoms with Crippen molar-refractivity contribution in [3.63, 3.8) is 0 Å². The highest BCUT2D eigenvalue weighted by Gasteiger charge is 2.14. The molecule has 92 valence electrons. The van der Waals surface area contributed by atoms with Gasteiger partial charge in [-0.15, -0.1) is 0 Å². The van der Waals surface area contributed by atoms with E-state index in [2.05, 4.69) is 39.9 Å². The molecule has 0 bridgehead atoms. The SMILES string of the molecule is CCCC(C)C(CCCC(C)C)NCC. The molecule has 0 aromatic carbocycles. The van der Waals surface area contributed by atoms with E-state index in [1.807, 2.05) is 0 Å². The van der Waals surface area contributed by atoms with Crippen molar-refractivity contribution in [3.05, 3.63) is 0 Å². The van der Waals surface area contributed by atoms with Crippen molar-refractivity contribution in [2.24, 2.45) is 11.8 Å². The summed E-state index contributed by atoms with van der Waals surface area (Å²) in [4.78, 5) is 0. The Balaban J connectivity index is 3.81. The summed E-state index contributed by atoms with van der Waals surface area (Å²) in [7, 11) is 0. The molecule has 0 saturated carbocycles. The lowest BCUT2D eigenvalue weighted by Crippen LogP contribution is -2.34. The van der Waals surface area contributed by atoms with Crippen LogP contribution < -0.4 is 5.32 Å². The van der Waals surface area contributed by atoms with E-state index in [4.69, 9.17) is 0 Å². The molecule has 2 atom stereocenters. The maximum absolute atomic E-state index is 3.64. The van der Waals surface area contributed by atoms with Crippen molar-refractivity contribution >= 4 is 0 Å². The van der Waals surface area contributed by atoms with E-state index >= 15 is 0 Å². The fraction of sp³-hybridized carbons (Fsp3) is 1.00. The topological polar surface area (TPSA) is 12.0 Å². The number of hydrogen-bond donors (Lipinski definition) is 1. The first kappa shape index (κ1) is 15.0. The van der Waals surface area contributed by atoms with Gasteiger partial charge in [0.15, 0.2) is 0 Å². The second-order valence-corrected chi connectivity index (χ2v) is 5.25. The van der Waals surface area contributed by atoms with E-state index < -0.39 is 0 Å². The second kappa shape index (κ2) is 9.21. The van der Waals surface area contributed by atoms with Gasteiger partial charge in [-0.1, -0.05) is 53.9 Å². The van der Waals surface area contributed by atoms with Gasteiger partial charge < -0.3 is 5.32 Å². The molecule has 0 aliphatic rings. The van der Waals surface area contributed by atoms with Crippen molar-refractivity contribution in [3.8, 4) is 0 Å². The van der Waals surface area contributed by atoms with Gasteiger partial charge in [0.05, 0.1) is 0 Å². The van der Waals surface area contributed by atoms with Gasteiger partial charge in [0, 0.05) is 6.04 Å². The Bertz CT molecular complexity index is 131. The number of nitrogens with one attached hydrogen (secondary N) is 1. The van der Waals surface area contributed by atoms with E-state index in [9.17, 15) is 0 Å². The highest BCUT2D eigenvalue weighted by Crippen LogP contribution is 2.17. The first-order chi connectivity index (χ1) is 7.11. The normalized spacial score (nSPS) is 15.6. The highest BCUT2D eigenvalue weighted by molar-refractivity contribution is 4.72. The summed E-state index contributed by atoms with van der Waals surface area (Å²) in [6, 6.07) is 0.744. The summed E-state index contributed by atoms with van der Waals surface area (Å²) >= 11 is 0. The van der Waals surface area contributed by atoms with E-state index in [0.29, 0.717) is 0 Å². The van der Waals surface area contributed by atoms with Gasteiger partial charge in [-0.3, -0.25) is 0 Å². The maximum atomic E-state index is 3.64. The lowest BCUT2D eigenvalue weighted by Gasteiger charge is -2.25. The van der Waals surface area contributed by atoms with Crippen molar-refractivity contribution in [2.45, 2.75) is 72.8 Å². The molecule has 1 nitrogen and oxygen atoms in total. The monoisotopic (exact) mass is 213 g/mol. The predicted octanol–water partition coefficient (Wildman–Crippen LogP) is 4.23. The molecule has 2 unspecified atom stereocenters. The molecule has 0 aliphatic heterocycles. The van der Waals surface area contributed by atoms with Crippen LogP contribution in [0.25, 0.3) is 0 Å². The molecule has 0 rings (SSSR count). The van der Waals surface area contributed by atoms with E-state index in [1.165, 1.54) is 32.1 Å². The summed E-state index contributed by atoms with van der Waals surface area (Å²) < 4.78 is 0. The highest BCUT2D eigenvalue weighted by atomic mass is 14.9. The molecule has 0 fully saturated rings. The fourth-order valence-electron chi connectivity index (χ4n) is 2.25. The van der Waals surface area contributed by atoms with Crippen LogP contribution >= 0.6 is 0 Å². The predicted molar refractivity (Wildman–Crippen MR) is 70.2 cm³/mol. The Morgan fingerprint density at radius 1 is 0.933 bits per heavy atom. The first-order valence-corrected chi connectivity index (χ1v) is 6.85. The molecule has 1 N–H and O–H groups in total. The van der Waals surface area contributed by atoms with E-state index in [-0.39, 0.29) is 0 Å². The third kappa shape index (κ3) is 7.84. The molecule has 0 aliphatic carbocycles. The Labute approximate surface area is 97.0 Å². The van der Waals surface area contributed by atoms with Crippen LogP contribution in [-0.4, -0.2) is 12.6 Å². The van der Waals surface area contributed by atoms with Crippen molar-refractivity contribution in [2.75, 3.05) is 6.54 Å². The van der Waals surface area contributed by atoms with Gasteiger partial charge in [-0.05, 0) is 31.2 Å². The van der Waals surface area contributed by atoms with Crippen LogP contribution in [0.3, 0.4) is 0 Å². The summed E-state index contributed by atoms with van der Waals surface area (Å²) in [6.07, 6.45) is 6.78. The van der Waals surface area contributed by atoms with Crippen LogP contribution in [0.15, 0.2) is 0 Å². The van der Waals surface area contributed by atoms with Crippen LogP contribution in [0.2, 0.25) is 0 Å². The molecule has 0 amide bonds. The smallest absolute Gasteiger partial charge is 0.00925 e. The molecule has 0 radical (unpaired) electrons. The largest absolute Gasteiger partial charge is 0.314 e. The number of hydrogen-bond acceptors (Lipinski definition) is 1. The molecule has 0 aromatic rings. The zero-order chi connectivity index (χ0) is 11.7. The van der Waals surface area contributed by atoms with Gasteiger partial charge >= 0.3 is 0 Å². The van der Waals surface area contributed by atoms with Crippen LogP contribution in [0.4, 0.5) is 0 Å². The summed E-state index contributed by atoms with van der Waals surface area (Å²) in [5, 5.41) is 3.64. The van der Waals surface area contributed by atoms with Crippen molar-refractivity contribution in [1.82, 2.24) is 5.32 Å². The molecule has 0 heterocycles. The quantitative estimate of drug-likeness (QED) is 0.604. The van der Waals surface area contributed by atoms with Crippen LogP contribution in [0.1, 0.15) is 66.7 Å². The molecule has 0 spiro atoms. The molecular formula is C14H31N. The Morgan fingerprint density at radius 3 is 2.07 bits per heavy atom. The minimum Gasteiger partial charge on any atom is -0.314 e. The standard InChI is InChI=1S/C14H31N/c1-6-9-13(5)14(15-7-2)11-8-10-12(3)4/h12-15H,6-11H2,1-5H3. The Hall–Kier alpha value is -0.0400. The molecule has 0 saturated heterocycles. The van der Waals surface area contributed by atoms with Gasteiger partial charge in [0.25, 0.3) is 0 Å². The van der Waals surface area contributed by atoms with Gasteiger partial charge in [0.2, 0.25) is 0 Å². The summed E-state index contributed by atoms with van der Waals surface area (Å²) in [5.74, 6) is 1.69. The third-order valence-electron chi connectivity index (χ3n) is 3.19. The average Bonchev–Trinajstić information content (AvgIpc) is 2.16. The zero-order valence-corrected chi connectivity index (χ0v) is 11.5. The second-order valence-electron chi connectivity index (χ2n) is 5.25. The van der Waals surface area contributed by atoms with Gasteiger partial charge in [-0.25, -0.2) is 0 Å². The van der Waals surface area contributed by atoms with Crippen molar-refractivity contribution < 1.29 is 0 Å². The third-order valence-corrected chi connectivity index (χ3v) is 3.19. The maximum Gasteiger partial charge on any atom is 0.00925 e. The Morgan fingerprint density at radius 2 is 1.60 bits per heavy atom. The van der Waals surface area contributed by atoms with Gasteiger partial charge in [0.1, 0.15) is 0 Å². The summed E-state index contributed by atoms with van der Waals surface area (Å²) in [5.41, 5.74) is 0. The van der Waals surface area contributed by atoms with Crippen LogP contribution in [-0.2, 0) is 0 Å². The van der Waals surface area contributed by atoms with Gasteiger partial charge in [-0.2, -0.15) is 0 Å². The lowest BCUT2D eigenvalue weighted by molar-refractivity contribution is 0.327. The molecule has 1 heteroatoms. The number of rotatable bonds is 9. The van der Waals surface area contributed by atoms with E-state index in [1.54, 1.807) is 0 Å². The molecular weight excluding hydrogens is 182 g/mol. The minimum atomic E-state index is 0.744. The minimum absolute atomic E-state index is 0.744. The average molecular weight is 213 g/mol. The lowest BCUT2D eigenvalue weighted by atomic mass is 9.91. The fourth-order valence-corrected chi connectivity index (χ4v) is 2.25. The van der Waals surface area contributed by atoms with Crippen molar-refractivity contribution in [1.29, 1.82) is 0 Å². The Kier molecular flexibility index (Phi) is 9.18. The van der Waals surface area contributed by atoms with Crippen LogP contribution in [0, 0.1) is 11.8 Å². The summed E-state index contributed by atoms with van der Waals surface area (Å²) in [6.45, 7) is 12.6. The molecule has 15 heavy (non-hydrogen) atoms. The van der Waals surface area contributed by atoms with E-state index in [0.717, 1.165) is 24.4 Å². The van der Waals surface area contributed by atoms with Crippen LogP contribution in [0.5, 0.6) is 0 Å².